The normalized spacial score (nSPS) is 10.1. The first kappa shape index (κ1) is 14.1. The number of hydrogen-bond donors (Lipinski definition) is 1. The second-order valence-corrected chi connectivity index (χ2v) is 4.35. The SMILES string of the molecule is C=CCNC(=O)c1ccn(COc2ccccc2Cl)n1. The van der Waals surface area contributed by atoms with Crippen molar-refractivity contribution in [1.29, 1.82) is 0 Å². The van der Waals surface area contributed by atoms with Crippen molar-refractivity contribution < 1.29 is 9.53 Å². The molecule has 0 spiro atoms. The first-order valence-corrected chi connectivity index (χ1v) is 6.38. The summed E-state index contributed by atoms with van der Waals surface area (Å²) in [6.45, 7) is 4.11. The summed E-state index contributed by atoms with van der Waals surface area (Å²) in [6.07, 6.45) is 3.27. The molecule has 104 valence electrons. The molecular formula is C14H14ClN3O2. The minimum Gasteiger partial charge on any atom is -0.470 e. The van der Waals surface area contributed by atoms with E-state index in [4.69, 9.17) is 16.3 Å². The molecule has 1 amide bonds. The van der Waals surface area contributed by atoms with Crippen LogP contribution in [0.15, 0.2) is 49.2 Å². The monoisotopic (exact) mass is 291 g/mol. The fraction of sp³-hybridized carbons (Fsp3) is 0.143. The van der Waals surface area contributed by atoms with Gasteiger partial charge in [-0.15, -0.1) is 6.58 Å². The zero-order valence-electron chi connectivity index (χ0n) is 10.8. The molecule has 0 aliphatic heterocycles. The maximum Gasteiger partial charge on any atom is 0.272 e. The lowest BCUT2D eigenvalue weighted by Crippen LogP contribution is -2.24. The van der Waals surface area contributed by atoms with Crippen molar-refractivity contribution in [2.45, 2.75) is 6.73 Å². The number of carbonyl (C=O) groups is 1. The van der Waals surface area contributed by atoms with Crippen molar-refractivity contribution in [2.75, 3.05) is 6.54 Å². The molecule has 1 N–H and O–H groups in total. The zero-order valence-corrected chi connectivity index (χ0v) is 11.5. The Labute approximate surface area is 121 Å². The molecule has 20 heavy (non-hydrogen) atoms. The average Bonchev–Trinajstić information content (AvgIpc) is 2.93. The molecule has 0 fully saturated rings. The Bertz CT molecular complexity index is 610. The topological polar surface area (TPSA) is 56.2 Å². The van der Waals surface area contributed by atoms with Gasteiger partial charge >= 0.3 is 0 Å². The molecule has 1 aromatic heterocycles. The lowest BCUT2D eigenvalue weighted by atomic mass is 10.3. The van der Waals surface area contributed by atoms with E-state index in [0.29, 0.717) is 23.0 Å². The molecule has 0 unspecified atom stereocenters. The molecule has 1 heterocycles. The molecule has 0 bridgehead atoms. The van der Waals surface area contributed by atoms with Crippen LogP contribution in [0, 0.1) is 0 Å². The van der Waals surface area contributed by atoms with E-state index in [1.54, 1.807) is 30.5 Å². The molecule has 0 aliphatic carbocycles. The van der Waals surface area contributed by atoms with Gasteiger partial charge in [0.15, 0.2) is 6.73 Å². The molecular weight excluding hydrogens is 278 g/mol. The van der Waals surface area contributed by atoms with Crippen molar-refractivity contribution in [3.05, 3.63) is 59.9 Å². The number of nitrogens with zero attached hydrogens (tertiary/aromatic N) is 2. The summed E-state index contributed by atoms with van der Waals surface area (Å²) in [7, 11) is 0. The van der Waals surface area contributed by atoms with Crippen LogP contribution in [0.4, 0.5) is 0 Å². The number of para-hydroxylation sites is 1. The fourth-order valence-corrected chi connectivity index (χ4v) is 1.70. The van der Waals surface area contributed by atoms with Crippen LogP contribution in [0.5, 0.6) is 5.75 Å². The second kappa shape index (κ2) is 6.77. The fourth-order valence-electron chi connectivity index (χ4n) is 1.51. The average molecular weight is 292 g/mol. The van der Waals surface area contributed by atoms with Gasteiger partial charge in [0.2, 0.25) is 0 Å². The summed E-state index contributed by atoms with van der Waals surface area (Å²) >= 11 is 5.98. The smallest absolute Gasteiger partial charge is 0.272 e. The molecule has 0 atom stereocenters. The number of rotatable bonds is 6. The van der Waals surface area contributed by atoms with Crippen molar-refractivity contribution >= 4 is 17.5 Å². The van der Waals surface area contributed by atoms with Gasteiger partial charge in [-0.2, -0.15) is 5.10 Å². The van der Waals surface area contributed by atoms with E-state index in [0.717, 1.165) is 0 Å². The van der Waals surface area contributed by atoms with Crippen LogP contribution in [0.2, 0.25) is 5.02 Å². The molecule has 0 saturated heterocycles. The molecule has 2 aromatic rings. The summed E-state index contributed by atoms with van der Waals surface area (Å²) < 4.78 is 7.04. The highest BCUT2D eigenvalue weighted by Gasteiger charge is 2.08. The van der Waals surface area contributed by atoms with Crippen molar-refractivity contribution in [3.8, 4) is 5.75 Å². The number of aromatic nitrogens is 2. The van der Waals surface area contributed by atoms with Gasteiger partial charge < -0.3 is 10.1 Å². The van der Waals surface area contributed by atoms with Crippen LogP contribution in [0.25, 0.3) is 0 Å². The van der Waals surface area contributed by atoms with E-state index in [9.17, 15) is 4.79 Å². The Morgan fingerprint density at radius 2 is 2.25 bits per heavy atom. The maximum atomic E-state index is 11.6. The van der Waals surface area contributed by atoms with Crippen LogP contribution in [0.1, 0.15) is 10.5 Å². The Balaban J connectivity index is 1.95. The first-order valence-electron chi connectivity index (χ1n) is 6.00. The number of ether oxygens (including phenoxy) is 1. The van der Waals surface area contributed by atoms with Gasteiger partial charge in [-0.25, -0.2) is 4.68 Å². The summed E-state index contributed by atoms with van der Waals surface area (Å²) in [4.78, 5) is 11.6. The molecule has 2 rings (SSSR count). The van der Waals surface area contributed by atoms with Gasteiger partial charge in [0.25, 0.3) is 5.91 Å². The largest absolute Gasteiger partial charge is 0.470 e. The van der Waals surface area contributed by atoms with E-state index in [1.807, 2.05) is 12.1 Å². The van der Waals surface area contributed by atoms with E-state index < -0.39 is 0 Å². The van der Waals surface area contributed by atoms with E-state index in [2.05, 4.69) is 17.0 Å². The highest BCUT2D eigenvalue weighted by molar-refractivity contribution is 6.32. The maximum absolute atomic E-state index is 11.6. The van der Waals surface area contributed by atoms with Crippen LogP contribution < -0.4 is 10.1 Å². The summed E-state index contributed by atoms with van der Waals surface area (Å²) in [5.74, 6) is 0.323. The predicted molar refractivity (Wildman–Crippen MR) is 76.8 cm³/mol. The molecule has 0 radical (unpaired) electrons. The highest BCUT2D eigenvalue weighted by atomic mass is 35.5. The Hall–Kier alpha value is -2.27. The third-order valence-corrected chi connectivity index (χ3v) is 2.78. The lowest BCUT2D eigenvalue weighted by molar-refractivity contribution is 0.0951. The van der Waals surface area contributed by atoms with Crippen molar-refractivity contribution in [3.63, 3.8) is 0 Å². The summed E-state index contributed by atoms with van der Waals surface area (Å²) in [5, 5.41) is 7.29. The number of amides is 1. The van der Waals surface area contributed by atoms with Crippen LogP contribution in [0.3, 0.4) is 0 Å². The number of benzene rings is 1. The quantitative estimate of drug-likeness (QED) is 0.832. The minimum absolute atomic E-state index is 0.179. The lowest BCUT2D eigenvalue weighted by Gasteiger charge is -2.07. The van der Waals surface area contributed by atoms with Crippen LogP contribution in [-0.2, 0) is 6.73 Å². The number of nitrogens with one attached hydrogen (secondary N) is 1. The third kappa shape index (κ3) is 3.61. The van der Waals surface area contributed by atoms with Gasteiger partial charge in [0.1, 0.15) is 11.4 Å². The summed E-state index contributed by atoms with van der Waals surface area (Å²) in [5.41, 5.74) is 0.328. The number of carbonyl (C=O) groups excluding carboxylic acids is 1. The van der Waals surface area contributed by atoms with Gasteiger partial charge in [-0.3, -0.25) is 4.79 Å². The molecule has 5 nitrogen and oxygen atoms in total. The second-order valence-electron chi connectivity index (χ2n) is 3.94. The van der Waals surface area contributed by atoms with Gasteiger partial charge in [-0.1, -0.05) is 29.8 Å². The Kier molecular flexibility index (Phi) is 4.79. The zero-order chi connectivity index (χ0) is 14.4. The third-order valence-electron chi connectivity index (χ3n) is 2.47. The van der Waals surface area contributed by atoms with E-state index in [-0.39, 0.29) is 12.6 Å². The minimum atomic E-state index is -0.249. The predicted octanol–water partition coefficient (Wildman–Crippen LogP) is 2.49. The van der Waals surface area contributed by atoms with Crippen LogP contribution in [-0.4, -0.2) is 22.2 Å². The number of halogens is 1. The Morgan fingerprint density at radius 3 is 3.00 bits per heavy atom. The van der Waals surface area contributed by atoms with Gasteiger partial charge in [0.05, 0.1) is 5.02 Å². The molecule has 0 saturated carbocycles. The van der Waals surface area contributed by atoms with Gasteiger partial charge in [-0.05, 0) is 18.2 Å². The summed E-state index contributed by atoms with van der Waals surface area (Å²) in [6, 6.07) is 8.79. The van der Waals surface area contributed by atoms with Crippen molar-refractivity contribution in [1.82, 2.24) is 15.1 Å². The van der Waals surface area contributed by atoms with Crippen molar-refractivity contribution in [2.24, 2.45) is 0 Å². The van der Waals surface area contributed by atoms with E-state index >= 15 is 0 Å². The Morgan fingerprint density at radius 1 is 1.45 bits per heavy atom. The number of hydrogen-bond acceptors (Lipinski definition) is 3. The standard InChI is InChI=1S/C14H14ClN3O2/c1-2-8-16-14(19)12-7-9-18(17-12)10-20-13-6-4-3-5-11(13)15/h2-7,9H,1,8,10H2,(H,16,19). The van der Waals surface area contributed by atoms with E-state index in [1.165, 1.54) is 4.68 Å². The highest BCUT2D eigenvalue weighted by Crippen LogP contribution is 2.23. The first-order chi connectivity index (χ1) is 9.70. The van der Waals surface area contributed by atoms with Crippen LogP contribution >= 0.6 is 11.6 Å². The molecule has 1 aromatic carbocycles. The molecule has 0 aliphatic rings. The van der Waals surface area contributed by atoms with Gasteiger partial charge in [0, 0.05) is 12.7 Å². The molecule has 6 heteroatoms.